The van der Waals surface area contributed by atoms with Gasteiger partial charge in [-0.15, -0.1) is 0 Å². The van der Waals surface area contributed by atoms with E-state index in [9.17, 15) is 4.79 Å². The Balaban J connectivity index is 1.90. The van der Waals surface area contributed by atoms with Crippen molar-refractivity contribution in [2.45, 2.75) is 20.8 Å². The number of allylic oxidation sites excluding steroid dienone is 2. The molecule has 0 aliphatic carbocycles. The molecule has 0 aromatic heterocycles. The average Bonchev–Trinajstić information content (AvgIpc) is 2.91. The molecule has 2 aromatic rings. The molecule has 0 saturated carbocycles. The maximum absolute atomic E-state index is 12.8. The van der Waals surface area contributed by atoms with Crippen LogP contribution < -0.4 is 14.2 Å². The molecule has 0 saturated heterocycles. The summed E-state index contributed by atoms with van der Waals surface area (Å²) in [5.41, 5.74) is 3.41. The van der Waals surface area contributed by atoms with Gasteiger partial charge in [-0.25, -0.2) is 0 Å². The molecule has 4 nitrogen and oxygen atoms in total. The molecule has 0 atom stereocenters. The van der Waals surface area contributed by atoms with E-state index in [2.05, 4.69) is 0 Å². The predicted octanol–water partition coefficient (Wildman–Crippen LogP) is 4.96. The van der Waals surface area contributed by atoms with Gasteiger partial charge in [-0.1, -0.05) is 23.8 Å². The molecule has 2 aromatic carbocycles. The fraction of sp³-hybridized carbons (Fsp3) is 0.227. The topological polar surface area (TPSA) is 44.8 Å². The molecular formula is C22H22O4. The summed E-state index contributed by atoms with van der Waals surface area (Å²) in [5, 5.41) is 0. The fourth-order valence-electron chi connectivity index (χ4n) is 2.79. The number of ether oxygens (including phenoxy) is 3. The third-order valence-corrected chi connectivity index (χ3v) is 4.11. The van der Waals surface area contributed by atoms with Crippen LogP contribution in [0.5, 0.6) is 17.2 Å². The summed E-state index contributed by atoms with van der Waals surface area (Å²) >= 11 is 0. The van der Waals surface area contributed by atoms with E-state index in [0.717, 1.165) is 11.1 Å². The van der Waals surface area contributed by atoms with Crippen LogP contribution in [-0.2, 0) is 0 Å². The number of benzene rings is 2. The second-order valence-corrected chi connectivity index (χ2v) is 6.39. The quantitative estimate of drug-likeness (QED) is 0.564. The SMILES string of the molecule is COc1ccccc1/C=C1\Oc2cc(OCC=C(C)C)cc(C)c2C1=O. The minimum absolute atomic E-state index is 0.126. The molecule has 134 valence electrons. The first-order valence-electron chi connectivity index (χ1n) is 8.47. The van der Waals surface area contributed by atoms with Crippen molar-refractivity contribution < 1.29 is 19.0 Å². The lowest BCUT2D eigenvalue weighted by atomic mass is 10.0. The lowest BCUT2D eigenvalue weighted by Crippen LogP contribution is -2.00. The van der Waals surface area contributed by atoms with Crippen molar-refractivity contribution in [3.8, 4) is 17.2 Å². The maximum Gasteiger partial charge on any atom is 0.232 e. The molecule has 0 fully saturated rings. The molecule has 1 aliphatic rings. The van der Waals surface area contributed by atoms with Crippen LogP contribution >= 0.6 is 0 Å². The summed E-state index contributed by atoms with van der Waals surface area (Å²) in [5.74, 6) is 2.07. The Bertz CT molecular complexity index is 902. The number of hydrogen-bond donors (Lipinski definition) is 0. The molecule has 4 heteroatoms. The van der Waals surface area contributed by atoms with Gasteiger partial charge < -0.3 is 14.2 Å². The maximum atomic E-state index is 12.8. The van der Waals surface area contributed by atoms with E-state index in [4.69, 9.17) is 14.2 Å². The Morgan fingerprint density at radius 2 is 1.96 bits per heavy atom. The number of ketones is 1. The minimum Gasteiger partial charge on any atom is -0.496 e. The lowest BCUT2D eigenvalue weighted by Gasteiger charge is -2.07. The third kappa shape index (κ3) is 3.64. The van der Waals surface area contributed by atoms with E-state index in [-0.39, 0.29) is 11.5 Å². The van der Waals surface area contributed by atoms with Crippen molar-refractivity contribution in [1.82, 2.24) is 0 Å². The van der Waals surface area contributed by atoms with Gasteiger partial charge in [-0.3, -0.25) is 4.79 Å². The molecule has 1 aliphatic heterocycles. The molecule has 0 N–H and O–H groups in total. The minimum atomic E-state index is -0.126. The Hall–Kier alpha value is -3.01. The van der Waals surface area contributed by atoms with Gasteiger partial charge in [0.1, 0.15) is 23.9 Å². The lowest BCUT2D eigenvalue weighted by molar-refractivity contribution is 0.101. The third-order valence-electron chi connectivity index (χ3n) is 4.11. The summed E-state index contributed by atoms with van der Waals surface area (Å²) in [4.78, 5) is 12.8. The number of carbonyl (C=O) groups excluding carboxylic acids is 1. The number of fused-ring (bicyclic) bond motifs is 1. The van der Waals surface area contributed by atoms with Crippen LogP contribution in [0.3, 0.4) is 0 Å². The normalized spacial score (nSPS) is 14.0. The van der Waals surface area contributed by atoms with E-state index in [1.54, 1.807) is 19.3 Å². The average molecular weight is 350 g/mol. The van der Waals surface area contributed by atoms with Crippen molar-refractivity contribution in [2.24, 2.45) is 0 Å². The second kappa shape index (κ2) is 7.48. The van der Waals surface area contributed by atoms with Crippen LogP contribution in [0.4, 0.5) is 0 Å². The molecule has 0 radical (unpaired) electrons. The standard InChI is InChI=1S/C22H22O4/c1-14(2)9-10-25-17-11-15(3)21-19(13-17)26-20(22(21)23)12-16-7-5-6-8-18(16)24-4/h5-9,11-13H,10H2,1-4H3/b20-12-. The van der Waals surface area contributed by atoms with Crippen LogP contribution in [0.25, 0.3) is 6.08 Å². The van der Waals surface area contributed by atoms with Crippen LogP contribution in [0.15, 0.2) is 53.8 Å². The van der Waals surface area contributed by atoms with E-state index < -0.39 is 0 Å². The zero-order chi connectivity index (χ0) is 18.7. The van der Waals surface area contributed by atoms with Gasteiger partial charge in [0.05, 0.1) is 12.7 Å². The van der Waals surface area contributed by atoms with E-state index in [0.29, 0.717) is 29.4 Å². The van der Waals surface area contributed by atoms with Gasteiger partial charge in [-0.2, -0.15) is 0 Å². The Morgan fingerprint density at radius 3 is 2.69 bits per heavy atom. The largest absolute Gasteiger partial charge is 0.496 e. The summed E-state index contributed by atoms with van der Waals surface area (Å²) in [6.07, 6.45) is 3.71. The highest BCUT2D eigenvalue weighted by atomic mass is 16.5. The Morgan fingerprint density at radius 1 is 1.19 bits per heavy atom. The highest BCUT2D eigenvalue weighted by molar-refractivity contribution is 6.15. The molecule has 3 rings (SSSR count). The molecule has 0 bridgehead atoms. The van der Waals surface area contributed by atoms with Crippen molar-refractivity contribution >= 4 is 11.9 Å². The number of carbonyl (C=O) groups is 1. The first-order valence-corrected chi connectivity index (χ1v) is 8.47. The van der Waals surface area contributed by atoms with E-state index in [1.807, 2.05) is 57.2 Å². The summed E-state index contributed by atoms with van der Waals surface area (Å²) in [6, 6.07) is 11.1. The number of para-hydroxylation sites is 1. The predicted molar refractivity (Wildman–Crippen MR) is 102 cm³/mol. The van der Waals surface area contributed by atoms with Crippen LogP contribution in [0.1, 0.15) is 35.3 Å². The molecule has 0 unspecified atom stereocenters. The second-order valence-electron chi connectivity index (χ2n) is 6.39. The summed E-state index contributed by atoms with van der Waals surface area (Å²) in [6.45, 7) is 6.42. The summed E-state index contributed by atoms with van der Waals surface area (Å²) < 4.78 is 16.9. The Labute approximate surface area is 153 Å². The van der Waals surface area contributed by atoms with Crippen LogP contribution in [0, 0.1) is 6.92 Å². The van der Waals surface area contributed by atoms with Gasteiger partial charge in [-0.05, 0) is 50.6 Å². The van der Waals surface area contributed by atoms with Gasteiger partial charge in [0.15, 0.2) is 5.76 Å². The smallest absolute Gasteiger partial charge is 0.232 e. The van der Waals surface area contributed by atoms with Crippen molar-refractivity contribution in [3.63, 3.8) is 0 Å². The van der Waals surface area contributed by atoms with Crippen molar-refractivity contribution in [2.75, 3.05) is 13.7 Å². The zero-order valence-corrected chi connectivity index (χ0v) is 15.5. The Kier molecular flexibility index (Phi) is 5.12. The number of rotatable bonds is 5. The number of methoxy groups -OCH3 is 1. The van der Waals surface area contributed by atoms with Crippen LogP contribution in [0.2, 0.25) is 0 Å². The van der Waals surface area contributed by atoms with Gasteiger partial charge in [0.25, 0.3) is 0 Å². The molecule has 1 heterocycles. The van der Waals surface area contributed by atoms with E-state index in [1.165, 1.54) is 5.57 Å². The van der Waals surface area contributed by atoms with Gasteiger partial charge in [0.2, 0.25) is 5.78 Å². The van der Waals surface area contributed by atoms with E-state index >= 15 is 0 Å². The zero-order valence-electron chi connectivity index (χ0n) is 15.5. The first kappa shape index (κ1) is 17.8. The van der Waals surface area contributed by atoms with Crippen molar-refractivity contribution in [3.05, 3.63) is 70.5 Å². The number of hydrogen-bond acceptors (Lipinski definition) is 4. The number of Topliss-reactive ketones (excluding diaryl/α,β-unsaturated/α-hetero) is 1. The fourth-order valence-corrected chi connectivity index (χ4v) is 2.79. The molecular weight excluding hydrogens is 328 g/mol. The highest BCUT2D eigenvalue weighted by Gasteiger charge is 2.30. The highest BCUT2D eigenvalue weighted by Crippen LogP contribution is 2.38. The van der Waals surface area contributed by atoms with Gasteiger partial charge in [0, 0.05) is 11.6 Å². The van der Waals surface area contributed by atoms with Crippen LogP contribution in [-0.4, -0.2) is 19.5 Å². The molecule has 0 spiro atoms. The van der Waals surface area contributed by atoms with Gasteiger partial charge >= 0.3 is 0 Å². The monoisotopic (exact) mass is 350 g/mol. The number of aryl methyl sites for hydroxylation is 1. The molecule has 0 amide bonds. The summed E-state index contributed by atoms with van der Waals surface area (Å²) in [7, 11) is 1.60. The van der Waals surface area contributed by atoms with Crippen molar-refractivity contribution in [1.29, 1.82) is 0 Å². The molecule has 26 heavy (non-hydrogen) atoms. The first-order chi connectivity index (χ1) is 12.5.